The molecule has 0 aliphatic carbocycles. The third-order valence-electron chi connectivity index (χ3n) is 5.07. The lowest BCUT2D eigenvalue weighted by molar-refractivity contribution is -0.140. The van der Waals surface area contributed by atoms with Gasteiger partial charge in [-0.2, -0.15) is 0 Å². The molecule has 158 valence electrons. The summed E-state index contributed by atoms with van der Waals surface area (Å²) >= 11 is 1.40. The second-order valence-corrected chi connectivity index (χ2v) is 7.81. The molecule has 1 fully saturated rings. The van der Waals surface area contributed by atoms with Crippen molar-refractivity contribution in [1.29, 1.82) is 0 Å². The first-order chi connectivity index (χ1) is 15.0. The van der Waals surface area contributed by atoms with Crippen LogP contribution in [0.5, 0.6) is 11.5 Å². The number of ether oxygens (including phenoxy) is 2. The molecule has 3 aromatic rings. The molecule has 1 unspecified atom stereocenters. The van der Waals surface area contributed by atoms with Crippen LogP contribution in [0.3, 0.4) is 0 Å². The van der Waals surface area contributed by atoms with Gasteiger partial charge < -0.3 is 19.5 Å². The van der Waals surface area contributed by atoms with Crippen LogP contribution in [-0.2, 0) is 16.1 Å². The number of Topliss-reactive ketones (excluding diaryl/α,β-unsaturated/α-hetero) is 1. The van der Waals surface area contributed by atoms with E-state index in [0.717, 1.165) is 4.88 Å². The first-order valence-electron chi connectivity index (χ1n) is 9.49. The highest BCUT2D eigenvalue weighted by Gasteiger charge is 2.47. The Morgan fingerprint density at radius 3 is 2.61 bits per heavy atom. The zero-order valence-electron chi connectivity index (χ0n) is 16.9. The van der Waals surface area contributed by atoms with E-state index in [0.29, 0.717) is 17.2 Å². The molecular formula is C23H20N2O5S. The van der Waals surface area contributed by atoms with Crippen molar-refractivity contribution in [3.63, 3.8) is 0 Å². The van der Waals surface area contributed by atoms with E-state index < -0.39 is 17.7 Å². The number of carbonyl (C=O) groups is 2. The first kappa shape index (κ1) is 20.6. The molecular weight excluding hydrogens is 416 g/mol. The molecule has 1 N–H and O–H groups in total. The number of nitrogens with zero attached hydrogens (tertiary/aromatic N) is 2. The van der Waals surface area contributed by atoms with Crippen molar-refractivity contribution in [3.05, 3.63) is 81.8 Å². The SMILES string of the molecule is COc1ccc(OC)c(/C(O)=C2/C(=O)C(=O)N(Cc3ccccn3)C2c2cccs2)c1. The number of aliphatic hydroxyl groups is 1. The number of rotatable bonds is 6. The van der Waals surface area contributed by atoms with Crippen LogP contribution in [0.4, 0.5) is 0 Å². The highest BCUT2D eigenvalue weighted by atomic mass is 32.1. The summed E-state index contributed by atoms with van der Waals surface area (Å²) in [5.74, 6) is -0.905. The average Bonchev–Trinajstić information content (AvgIpc) is 3.41. The molecule has 1 aliphatic heterocycles. The van der Waals surface area contributed by atoms with Crippen molar-refractivity contribution in [2.75, 3.05) is 14.2 Å². The number of ketones is 1. The lowest BCUT2D eigenvalue weighted by atomic mass is 9.99. The minimum atomic E-state index is -0.753. The van der Waals surface area contributed by atoms with Gasteiger partial charge in [-0.1, -0.05) is 12.1 Å². The van der Waals surface area contributed by atoms with Gasteiger partial charge in [-0.3, -0.25) is 14.6 Å². The van der Waals surface area contributed by atoms with Crippen molar-refractivity contribution < 1.29 is 24.2 Å². The normalized spacial score (nSPS) is 17.7. The molecule has 7 nitrogen and oxygen atoms in total. The Morgan fingerprint density at radius 2 is 1.97 bits per heavy atom. The van der Waals surface area contributed by atoms with Gasteiger partial charge in [-0.25, -0.2) is 0 Å². The Balaban J connectivity index is 1.88. The van der Waals surface area contributed by atoms with Crippen molar-refractivity contribution >= 4 is 28.8 Å². The Kier molecular flexibility index (Phi) is 5.73. The second kappa shape index (κ2) is 8.61. The van der Waals surface area contributed by atoms with Gasteiger partial charge in [0.05, 0.1) is 37.6 Å². The fraction of sp³-hybridized carbons (Fsp3) is 0.174. The van der Waals surface area contributed by atoms with Gasteiger partial charge >= 0.3 is 0 Å². The van der Waals surface area contributed by atoms with E-state index in [1.54, 1.807) is 36.5 Å². The van der Waals surface area contributed by atoms with Gasteiger partial charge in [0.2, 0.25) is 0 Å². The number of thiophene rings is 1. The number of methoxy groups -OCH3 is 2. The van der Waals surface area contributed by atoms with Gasteiger partial charge in [-0.15, -0.1) is 11.3 Å². The standard InChI is InChI=1S/C23H20N2O5S/c1-29-15-8-9-17(30-2)16(12-15)21(26)19-20(18-7-5-11-31-18)25(23(28)22(19)27)13-14-6-3-4-10-24-14/h3-12,20,26H,13H2,1-2H3/b21-19-. The third kappa shape index (κ3) is 3.77. The Morgan fingerprint density at radius 1 is 1.13 bits per heavy atom. The molecule has 0 saturated carbocycles. The lowest BCUT2D eigenvalue weighted by Gasteiger charge is -2.24. The maximum absolute atomic E-state index is 13.1. The number of pyridine rings is 1. The smallest absolute Gasteiger partial charge is 0.296 e. The Labute approximate surface area is 183 Å². The summed E-state index contributed by atoms with van der Waals surface area (Å²) in [5.41, 5.74) is 0.930. The molecule has 1 aromatic carbocycles. The predicted molar refractivity (Wildman–Crippen MR) is 116 cm³/mol. The number of amides is 1. The fourth-order valence-corrected chi connectivity index (χ4v) is 4.44. The van der Waals surface area contributed by atoms with Crippen LogP contribution in [-0.4, -0.2) is 40.9 Å². The number of aromatic nitrogens is 1. The maximum Gasteiger partial charge on any atom is 0.296 e. The summed E-state index contributed by atoms with van der Waals surface area (Å²) in [6, 6.07) is 13.2. The summed E-state index contributed by atoms with van der Waals surface area (Å²) in [6.07, 6.45) is 1.63. The van der Waals surface area contributed by atoms with Gasteiger partial charge in [0.25, 0.3) is 11.7 Å². The van der Waals surface area contributed by atoms with Crippen LogP contribution in [0.2, 0.25) is 0 Å². The largest absolute Gasteiger partial charge is 0.507 e. The van der Waals surface area contributed by atoms with E-state index in [4.69, 9.17) is 9.47 Å². The van der Waals surface area contributed by atoms with Crippen LogP contribution in [0.25, 0.3) is 5.76 Å². The van der Waals surface area contributed by atoms with E-state index in [1.165, 1.54) is 30.5 Å². The number of carbonyl (C=O) groups excluding carboxylic acids is 2. The molecule has 4 rings (SSSR count). The van der Waals surface area contributed by atoms with E-state index in [9.17, 15) is 14.7 Å². The fourth-order valence-electron chi connectivity index (χ4n) is 3.60. The highest BCUT2D eigenvalue weighted by molar-refractivity contribution is 7.10. The highest BCUT2D eigenvalue weighted by Crippen LogP contribution is 2.43. The molecule has 0 bridgehead atoms. The van der Waals surface area contributed by atoms with Gasteiger partial charge in [-0.05, 0) is 41.8 Å². The van der Waals surface area contributed by atoms with Gasteiger partial charge in [0.1, 0.15) is 23.3 Å². The van der Waals surface area contributed by atoms with Crippen molar-refractivity contribution in [2.45, 2.75) is 12.6 Å². The van der Waals surface area contributed by atoms with Crippen LogP contribution >= 0.6 is 11.3 Å². The van der Waals surface area contributed by atoms with E-state index in [1.807, 2.05) is 23.6 Å². The van der Waals surface area contributed by atoms with Gasteiger partial charge in [0, 0.05) is 11.1 Å². The molecule has 1 aliphatic rings. The van der Waals surface area contributed by atoms with Crippen molar-refractivity contribution in [1.82, 2.24) is 9.88 Å². The van der Waals surface area contributed by atoms with Crippen LogP contribution < -0.4 is 9.47 Å². The zero-order chi connectivity index (χ0) is 22.0. The quantitative estimate of drug-likeness (QED) is 0.359. The summed E-state index contributed by atoms with van der Waals surface area (Å²) < 4.78 is 10.6. The molecule has 1 atom stereocenters. The monoisotopic (exact) mass is 436 g/mol. The maximum atomic E-state index is 13.1. The molecule has 8 heteroatoms. The number of hydrogen-bond donors (Lipinski definition) is 1. The Bertz CT molecular complexity index is 1140. The van der Waals surface area contributed by atoms with Crippen LogP contribution in [0, 0.1) is 0 Å². The number of benzene rings is 1. The molecule has 0 spiro atoms. The van der Waals surface area contributed by atoms with E-state index in [2.05, 4.69) is 4.98 Å². The third-order valence-corrected chi connectivity index (χ3v) is 6.00. The molecule has 1 saturated heterocycles. The van der Waals surface area contributed by atoms with Crippen LogP contribution in [0.15, 0.2) is 65.7 Å². The number of aliphatic hydroxyl groups excluding tert-OH is 1. The second-order valence-electron chi connectivity index (χ2n) is 6.83. The average molecular weight is 436 g/mol. The zero-order valence-corrected chi connectivity index (χ0v) is 17.8. The summed E-state index contributed by atoms with van der Waals surface area (Å²) in [5, 5.41) is 13.1. The number of likely N-dealkylation sites (tertiary alicyclic amines) is 1. The minimum absolute atomic E-state index is 0.00920. The Hall–Kier alpha value is -3.65. The lowest BCUT2D eigenvalue weighted by Crippen LogP contribution is -2.29. The summed E-state index contributed by atoms with van der Waals surface area (Å²) in [7, 11) is 2.97. The summed E-state index contributed by atoms with van der Waals surface area (Å²) in [4.78, 5) is 32.6. The molecule has 2 aromatic heterocycles. The van der Waals surface area contributed by atoms with E-state index in [-0.39, 0.29) is 23.4 Å². The van der Waals surface area contributed by atoms with Crippen LogP contribution in [0.1, 0.15) is 22.2 Å². The number of hydrogen-bond acceptors (Lipinski definition) is 7. The van der Waals surface area contributed by atoms with Crippen molar-refractivity contribution in [2.24, 2.45) is 0 Å². The van der Waals surface area contributed by atoms with Crippen molar-refractivity contribution in [3.8, 4) is 11.5 Å². The first-order valence-corrected chi connectivity index (χ1v) is 10.4. The van der Waals surface area contributed by atoms with Gasteiger partial charge in [0.15, 0.2) is 0 Å². The molecule has 31 heavy (non-hydrogen) atoms. The molecule has 1 amide bonds. The summed E-state index contributed by atoms with van der Waals surface area (Å²) in [6.45, 7) is 0.139. The minimum Gasteiger partial charge on any atom is -0.507 e. The molecule has 0 radical (unpaired) electrons. The molecule has 3 heterocycles. The van der Waals surface area contributed by atoms with E-state index >= 15 is 0 Å². The predicted octanol–water partition coefficient (Wildman–Crippen LogP) is 3.78. The topological polar surface area (TPSA) is 89.0 Å².